The van der Waals surface area contributed by atoms with Gasteiger partial charge >= 0.3 is 5.97 Å². The number of nitrogens with zero attached hydrogens (tertiary/aromatic N) is 2. The summed E-state index contributed by atoms with van der Waals surface area (Å²) in [6.45, 7) is 11.1. The maximum Gasteiger partial charge on any atom is 0.328 e. The molecule has 0 radical (unpaired) electrons. The van der Waals surface area contributed by atoms with Crippen LogP contribution in [0.25, 0.3) is 0 Å². The number of carbonyl (C=O) groups excluding carboxylic acids is 1. The number of ether oxygens (including phenoxy) is 2. The Bertz CT molecular complexity index is 679. The highest BCUT2D eigenvalue weighted by Crippen LogP contribution is 2.27. The fourth-order valence-electron chi connectivity index (χ4n) is 3.41. The van der Waals surface area contributed by atoms with Gasteiger partial charge in [-0.2, -0.15) is 0 Å². The Morgan fingerprint density at radius 2 is 1.97 bits per heavy atom. The standard InChI is InChI=1S/C22H36N4O3/c1-6-23-21(25-16-20(27)29-22(2,3)4)24-15-19(26-12-7-8-13-26)17-10-9-11-18(14-17)28-5/h9-11,14,19H,6-8,12-13,15-16H2,1-5H3,(H2,23,24,25). The van der Waals surface area contributed by atoms with Crippen LogP contribution < -0.4 is 15.4 Å². The van der Waals surface area contributed by atoms with Crippen LogP contribution in [0.15, 0.2) is 29.3 Å². The summed E-state index contributed by atoms with van der Waals surface area (Å²) in [5.41, 5.74) is 0.702. The van der Waals surface area contributed by atoms with Gasteiger partial charge in [0.25, 0.3) is 0 Å². The second-order valence-corrected chi connectivity index (χ2v) is 8.20. The van der Waals surface area contributed by atoms with Gasteiger partial charge in [-0.05, 0) is 71.3 Å². The zero-order valence-electron chi connectivity index (χ0n) is 18.5. The highest BCUT2D eigenvalue weighted by atomic mass is 16.6. The predicted molar refractivity (Wildman–Crippen MR) is 116 cm³/mol. The molecule has 29 heavy (non-hydrogen) atoms. The van der Waals surface area contributed by atoms with E-state index >= 15 is 0 Å². The Kier molecular flexibility index (Phi) is 8.76. The second kappa shape index (κ2) is 11.0. The number of likely N-dealkylation sites (tertiary alicyclic amines) is 1. The smallest absolute Gasteiger partial charge is 0.328 e. The van der Waals surface area contributed by atoms with Crippen LogP contribution in [0.4, 0.5) is 0 Å². The van der Waals surface area contributed by atoms with Crippen molar-refractivity contribution < 1.29 is 14.3 Å². The first-order valence-corrected chi connectivity index (χ1v) is 10.4. The molecule has 162 valence electrons. The number of methoxy groups -OCH3 is 1. The lowest BCUT2D eigenvalue weighted by atomic mass is 10.1. The van der Waals surface area contributed by atoms with Crippen LogP contribution >= 0.6 is 0 Å². The molecule has 1 unspecified atom stereocenters. The molecule has 0 spiro atoms. The molecular formula is C22H36N4O3. The number of hydrogen-bond acceptors (Lipinski definition) is 5. The fourth-order valence-corrected chi connectivity index (χ4v) is 3.41. The van der Waals surface area contributed by atoms with Gasteiger partial charge in [-0.1, -0.05) is 12.1 Å². The molecule has 1 aromatic rings. The molecule has 2 N–H and O–H groups in total. The van der Waals surface area contributed by atoms with Gasteiger partial charge in [0, 0.05) is 13.1 Å². The fraction of sp³-hybridized carbons (Fsp3) is 0.636. The van der Waals surface area contributed by atoms with Crippen LogP contribution in [0.1, 0.15) is 52.1 Å². The number of carbonyl (C=O) groups is 1. The number of rotatable bonds is 8. The molecule has 1 aromatic carbocycles. The number of aliphatic imine (C=N–C) groups is 1. The lowest BCUT2D eigenvalue weighted by Gasteiger charge is -2.29. The summed E-state index contributed by atoms with van der Waals surface area (Å²) in [6.07, 6.45) is 2.43. The Labute approximate surface area is 174 Å². The number of benzene rings is 1. The molecule has 2 rings (SSSR count). The summed E-state index contributed by atoms with van der Waals surface area (Å²) >= 11 is 0. The number of hydrogen-bond donors (Lipinski definition) is 2. The lowest BCUT2D eigenvalue weighted by molar-refractivity contribution is -0.152. The van der Waals surface area contributed by atoms with Gasteiger partial charge in [0.2, 0.25) is 0 Å². The van der Waals surface area contributed by atoms with E-state index in [4.69, 9.17) is 9.47 Å². The summed E-state index contributed by atoms with van der Waals surface area (Å²) in [5, 5.41) is 6.61. The first kappa shape index (κ1) is 23.0. The van der Waals surface area contributed by atoms with Crippen molar-refractivity contribution in [3.8, 4) is 5.75 Å². The normalized spacial score (nSPS) is 16.4. The Morgan fingerprint density at radius 3 is 2.59 bits per heavy atom. The van der Waals surface area contributed by atoms with Crippen molar-refractivity contribution in [1.82, 2.24) is 15.5 Å². The number of esters is 1. The highest BCUT2D eigenvalue weighted by molar-refractivity contribution is 5.83. The van der Waals surface area contributed by atoms with Gasteiger partial charge in [-0.25, -0.2) is 4.99 Å². The SMILES string of the molecule is CCNC(=NCC(=O)OC(C)(C)C)NCC(c1cccc(OC)c1)N1CCCC1. The van der Waals surface area contributed by atoms with Gasteiger partial charge in [0.1, 0.15) is 17.9 Å². The summed E-state index contributed by atoms with van der Waals surface area (Å²) in [4.78, 5) is 18.9. The predicted octanol–water partition coefficient (Wildman–Crippen LogP) is 2.73. The van der Waals surface area contributed by atoms with Crippen LogP contribution in [0, 0.1) is 0 Å². The highest BCUT2D eigenvalue weighted by Gasteiger charge is 2.24. The summed E-state index contributed by atoms with van der Waals surface area (Å²) in [6, 6.07) is 8.43. The van der Waals surface area contributed by atoms with E-state index in [1.165, 1.54) is 18.4 Å². The minimum atomic E-state index is -0.508. The third kappa shape index (κ3) is 7.93. The van der Waals surface area contributed by atoms with Crippen molar-refractivity contribution in [3.05, 3.63) is 29.8 Å². The van der Waals surface area contributed by atoms with Gasteiger partial charge in [0.05, 0.1) is 13.2 Å². The maximum atomic E-state index is 12.0. The molecule has 0 amide bonds. The lowest BCUT2D eigenvalue weighted by Crippen LogP contribution is -2.43. The van der Waals surface area contributed by atoms with E-state index in [9.17, 15) is 4.79 Å². The van der Waals surface area contributed by atoms with E-state index in [-0.39, 0.29) is 18.6 Å². The van der Waals surface area contributed by atoms with E-state index in [1.807, 2.05) is 39.8 Å². The van der Waals surface area contributed by atoms with Gasteiger partial charge < -0.3 is 20.1 Å². The zero-order valence-corrected chi connectivity index (χ0v) is 18.5. The molecule has 7 heteroatoms. The molecule has 1 aliphatic rings. The van der Waals surface area contributed by atoms with Crippen LogP contribution in [-0.4, -0.2) is 62.3 Å². The molecule has 1 saturated heterocycles. The van der Waals surface area contributed by atoms with Crippen molar-refractivity contribution >= 4 is 11.9 Å². The monoisotopic (exact) mass is 404 g/mol. The second-order valence-electron chi connectivity index (χ2n) is 8.20. The van der Waals surface area contributed by atoms with Gasteiger partial charge in [0.15, 0.2) is 5.96 Å². The van der Waals surface area contributed by atoms with E-state index in [0.29, 0.717) is 19.0 Å². The van der Waals surface area contributed by atoms with E-state index in [0.717, 1.165) is 18.8 Å². The van der Waals surface area contributed by atoms with Gasteiger partial charge in [-0.3, -0.25) is 9.69 Å². The molecule has 0 bridgehead atoms. The molecule has 0 aromatic heterocycles. The van der Waals surface area contributed by atoms with Crippen molar-refractivity contribution in [1.29, 1.82) is 0 Å². The first-order chi connectivity index (χ1) is 13.8. The number of nitrogens with one attached hydrogen (secondary N) is 2. The molecule has 1 fully saturated rings. The Balaban J connectivity index is 2.07. The average Bonchev–Trinajstić information content (AvgIpc) is 3.19. The zero-order chi connectivity index (χ0) is 21.3. The first-order valence-electron chi connectivity index (χ1n) is 10.4. The average molecular weight is 405 g/mol. The summed E-state index contributed by atoms with van der Waals surface area (Å²) < 4.78 is 10.8. The minimum Gasteiger partial charge on any atom is -0.497 e. The number of guanidine groups is 1. The van der Waals surface area contributed by atoms with Crippen molar-refractivity contribution in [3.63, 3.8) is 0 Å². The van der Waals surface area contributed by atoms with Crippen molar-refractivity contribution in [2.75, 3.05) is 39.8 Å². The largest absolute Gasteiger partial charge is 0.497 e. The molecule has 1 heterocycles. The Morgan fingerprint density at radius 1 is 1.24 bits per heavy atom. The Hall–Kier alpha value is -2.28. The topological polar surface area (TPSA) is 75.2 Å². The molecule has 0 saturated carbocycles. The van der Waals surface area contributed by atoms with Crippen LogP contribution in [0.2, 0.25) is 0 Å². The van der Waals surface area contributed by atoms with E-state index in [1.54, 1.807) is 7.11 Å². The third-order valence-corrected chi connectivity index (χ3v) is 4.65. The maximum absolute atomic E-state index is 12.0. The molecule has 1 aliphatic heterocycles. The molecular weight excluding hydrogens is 368 g/mol. The molecule has 1 atom stereocenters. The van der Waals surface area contributed by atoms with Crippen LogP contribution in [-0.2, 0) is 9.53 Å². The minimum absolute atomic E-state index is 0.0137. The van der Waals surface area contributed by atoms with E-state index < -0.39 is 5.60 Å². The van der Waals surface area contributed by atoms with E-state index in [2.05, 4.69) is 32.7 Å². The van der Waals surface area contributed by atoms with Crippen LogP contribution in [0.3, 0.4) is 0 Å². The van der Waals surface area contributed by atoms with Crippen molar-refractivity contribution in [2.45, 2.75) is 52.2 Å². The molecule has 0 aliphatic carbocycles. The molecule has 7 nitrogen and oxygen atoms in total. The summed E-state index contributed by atoms with van der Waals surface area (Å²) in [7, 11) is 1.69. The quantitative estimate of drug-likeness (QED) is 0.394. The van der Waals surface area contributed by atoms with Crippen LogP contribution in [0.5, 0.6) is 5.75 Å². The third-order valence-electron chi connectivity index (χ3n) is 4.65. The summed E-state index contributed by atoms with van der Waals surface area (Å²) in [5.74, 6) is 1.14. The van der Waals surface area contributed by atoms with Crippen molar-refractivity contribution in [2.24, 2.45) is 4.99 Å². The van der Waals surface area contributed by atoms with Gasteiger partial charge in [-0.15, -0.1) is 0 Å².